The van der Waals surface area contributed by atoms with E-state index in [-0.39, 0.29) is 34.9 Å². The number of Topliss-reactive ketones (excluding diaryl/α,β-unsaturated/α-hetero) is 2. The Balaban J connectivity index is 0.000000207. The molecule has 1 unspecified atom stereocenters. The molecule has 1 atom stereocenters. The van der Waals surface area contributed by atoms with Gasteiger partial charge < -0.3 is 9.84 Å². The number of hydrogen-bond acceptors (Lipinski definition) is 5. The first-order valence-electron chi connectivity index (χ1n) is 22.0. The van der Waals surface area contributed by atoms with Crippen molar-refractivity contribution in [3.05, 3.63) is 118 Å². The van der Waals surface area contributed by atoms with E-state index in [1.807, 2.05) is 25.1 Å². The molecule has 4 aromatic rings. The second-order valence-corrected chi connectivity index (χ2v) is 17.2. The summed E-state index contributed by atoms with van der Waals surface area (Å²) in [5.41, 5.74) is 6.44. The molecule has 1 aliphatic heterocycles. The number of rotatable bonds is 16. The second-order valence-electron chi connectivity index (χ2n) is 17.2. The Morgan fingerprint density at radius 2 is 1.41 bits per heavy atom. The zero-order valence-corrected chi connectivity index (χ0v) is 36.2. The van der Waals surface area contributed by atoms with E-state index in [0.717, 1.165) is 48.4 Å². The van der Waals surface area contributed by atoms with Gasteiger partial charge in [0.15, 0.2) is 0 Å². The largest absolute Gasteiger partial charge is 0.478 e. The van der Waals surface area contributed by atoms with Crippen LogP contribution in [0.2, 0.25) is 0 Å². The van der Waals surface area contributed by atoms with Crippen LogP contribution >= 0.6 is 0 Å². The van der Waals surface area contributed by atoms with Crippen molar-refractivity contribution in [3.8, 4) is 0 Å². The van der Waals surface area contributed by atoms with Crippen LogP contribution in [0.1, 0.15) is 163 Å². The summed E-state index contributed by atoms with van der Waals surface area (Å²) in [6, 6.07) is 28.6. The minimum Gasteiger partial charge on any atom is -0.478 e. The number of esters is 1. The van der Waals surface area contributed by atoms with Crippen LogP contribution in [0.15, 0.2) is 84.9 Å². The van der Waals surface area contributed by atoms with Crippen LogP contribution in [-0.2, 0) is 50.2 Å². The number of hydrogen-bond donors (Lipinski definition) is 1. The zero-order chi connectivity index (χ0) is 42.1. The maximum Gasteiger partial charge on any atom is 0.335 e. The molecule has 0 radical (unpaired) electrons. The van der Waals surface area contributed by atoms with E-state index in [1.165, 1.54) is 73.6 Å². The number of carboxylic acids is 1. The van der Waals surface area contributed by atoms with Gasteiger partial charge in [-0.2, -0.15) is 0 Å². The van der Waals surface area contributed by atoms with Gasteiger partial charge in [-0.15, -0.1) is 0 Å². The molecule has 0 amide bonds. The summed E-state index contributed by atoms with van der Waals surface area (Å²) >= 11 is 0. The third-order valence-electron chi connectivity index (χ3n) is 12.0. The van der Waals surface area contributed by atoms with Crippen molar-refractivity contribution in [2.45, 2.75) is 162 Å². The van der Waals surface area contributed by atoms with Crippen molar-refractivity contribution in [2.24, 2.45) is 5.92 Å². The highest BCUT2D eigenvalue weighted by atomic mass is 16.6. The number of ether oxygens (including phenoxy) is 1. The van der Waals surface area contributed by atoms with Gasteiger partial charge in [-0.3, -0.25) is 14.4 Å². The van der Waals surface area contributed by atoms with E-state index in [2.05, 4.69) is 83.1 Å². The number of fused-ring (bicyclic) bond motifs is 1. The van der Waals surface area contributed by atoms with Crippen molar-refractivity contribution >= 4 is 34.3 Å². The lowest BCUT2D eigenvalue weighted by Crippen LogP contribution is -2.48. The Bertz CT molecular complexity index is 1950. The first-order chi connectivity index (χ1) is 27.8. The van der Waals surface area contributed by atoms with E-state index in [4.69, 9.17) is 9.84 Å². The average Bonchev–Trinajstić information content (AvgIpc) is 3.76. The summed E-state index contributed by atoms with van der Waals surface area (Å²) in [7, 11) is 0. The van der Waals surface area contributed by atoms with Gasteiger partial charge in [-0.1, -0.05) is 146 Å². The first-order valence-corrected chi connectivity index (χ1v) is 22.0. The number of carboxylic acid groups (broad SMARTS) is 1. The highest BCUT2D eigenvalue weighted by Crippen LogP contribution is 2.44. The molecule has 1 aliphatic carbocycles. The number of carbonyl (C=O) groups excluding carboxylic acids is 3. The summed E-state index contributed by atoms with van der Waals surface area (Å²) in [4.78, 5) is 46.6. The van der Waals surface area contributed by atoms with Crippen LogP contribution in [0.5, 0.6) is 0 Å². The fraction of sp³-hybridized carbons (Fsp3) is 0.500. The fourth-order valence-electron chi connectivity index (χ4n) is 8.65. The number of unbranched alkanes of at least 4 members (excludes halogenated alkanes) is 1. The van der Waals surface area contributed by atoms with Crippen LogP contribution in [0.4, 0.5) is 0 Å². The lowest BCUT2D eigenvalue weighted by molar-refractivity contribution is -0.178. The highest BCUT2D eigenvalue weighted by molar-refractivity contribution is 5.98. The number of benzene rings is 4. The summed E-state index contributed by atoms with van der Waals surface area (Å²) in [6.45, 7) is 13.2. The number of carbonyl (C=O) groups is 4. The Kier molecular flexibility index (Phi) is 17.9. The predicted molar refractivity (Wildman–Crippen MR) is 237 cm³/mol. The molecule has 4 aromatic carbocycles. The summed E-state index contributed by atoms with van der Waals surface area (Å²) in [6.07, 6.45) is 16.1. The van der Waals surface area contributed by atoms with Gasteiger partial charge >= 0.3 is 11.9 Å². The topological polar surface area (TPSA) is 97.7 Å². The van der Waals surface area contributed by atoms with E-state index in [1.54, 1.807) is 18.2 Å². The smallest absolute Gasteiger partial charge is 0.335 e. The molecule has 2 aliphatic rings. The third-order valence-corrected chi connectivity index (χ3v) is 12.0. The molecule has 1 saturated carbocycles. The zero-order valence-electron chi connectivity index (χ0n) is 36.2. The molecule has 0 aromatic heterocycles. The second kappa shape index (κ2) is 22.5. The van der Waals surface area contributed by atoms with Gasteiger partial charge in [0.05, 0.1) is 5.56 Å². The van der Waals surface area contributed by atoms with E-state index < -0.39 is 11.6 Å². The quantitative estimate of drug-likeness (QED) is 0.0897. The molecule has 6 rings (SSSR count). The van der Waals surface area contributed by atoms with Crippen LogP contribution in [0.3, 0.4) is 0 Å². The van der Waals surface area contributed by atoms with Crippen molar-refractivity contribution in [2.75, 3.05) is 0 Å². The fourth-order valence-corrected chi connectivity index (χ4v) is 8.65. The highest BCUT2D eigenvalue weighted by Gasteiger charge is 2.47. The maximum absolute atomic E-state index is 12.2. The van der Waals surface area contributed by atoms with E-state index in [0.29, 0.717) is 25.2 Å². The molecule has 0 bridgehead atoms. The van der Waals surface area contributed by atoms with Crippen LogP contribution in [0, 0.1) is 5.92 Å². The Labute approximate surface area is 348 Å². The van der Waals surface area contributed by atoms with Gasteiger partial charge in [0, 0.05) is 19.3 Å². The number of aryl methyl sites for hydroxylation is 3. The average molecular weight is 789 g/mol. The lowest BCUT2D eigenvalue weighted by atomic mass is 9.75. The molecule has 58 heavy (non-hydrogen) atoms. The van der Waals surface area contributed by atoms with Gasteiger partial charge in [0.25, 0.3) is 0 Å². The lowest BCUT2D eigenvalue weighted by Gasteiger charge is -2.41. The Morgan fingerprint density at radius 1 is 0.741 bits per heavy atom. The number of aromatic carboxylic acids is 1. The number of cyclic esters (lactones) is 1. The van der Waals surface area contributed by atoms with Crippen molar-refractivity contribution < 1.29 is 29.0 Å². The summed E-state index contributed by atoms with van der Waals surface area (Å²) < 4.78 is 5.93. The molecule has 0 spiro atoms. The molecule has 1 heterocycles. The Morgan fingerprint density at radius 3 is 2.05 bits per heavy atom. The molecule has 2 fully saturated rings. The van der Waals surface area contributed by atoms with Crippen LogP contribution in [0.25, 0.3) is 10.8 Å². The van der Waals surface area contributed by atoms with Crippen molar-refractivity contribution in [3.63, 3.8) is 0 Å². The first kappa shape index (κ1) is 46.1. The molecule has 1 N–H and O–H groups in total. The standard InChI is InChI=1S/C24H34O3.C15H14O3.C13H20/c1-4-13-23(2,3)20-11-7-8-18(15-20)12-14-24(19-9-5-6-10-19)17-21(25)16-22(26)27-24;1-2-14(16)8-10-3-4-11-5-6-12(15(17)18)9-13(11)7-10;1-3-5-8-13-10-6-9-12(11-13)7-4-2/h7-8,11,15,19H,4-6,9-10,12-14,16-17H2,1-3H3;3-7,9H,2,8H2,1H3,(H,17,18);6,9-11H,3-5,7-8H2,1-2H3. The van der Waals surface area contributed by atoms with Crippen molar-refractivity contribution in [1.82, 2.24) is 0 Å². The summed E-state index contributed by atoms with van der Waals surface area (Å²) in [5.74, 6) is -0.687. The van der Waals surface area contributed by atoms with Gasteiger partial charge in [0.1, 0.15) is 23.6 Å². The molecular formula is C52H68O6. The molecule has 312 valence electrons. The minimum atomic E-state index is -0.938. The van der Waals surface area contributed by atoms with Gasteiger partial charge in [0.2, 0.25) is 0 Å². The molecule has 6 heteroatoms. The van der Waals surface area contributed by atoms with E-state index >= 15 is 0 Å². The molecule has 6 nitrogen and oxygen atoms in total. The predicted octanol–water partition coefficient (Wildman–Crippen LogP) is 12.6. The molecular weight excluding hydrogens is 721 g/mol. The van der Waals surface area contributed by atoms with E-state index in [9.17, 15) is 19.2 Å². The maximum atomic E-state index is 12.2. The summed E-state index contributed by atoms with van der Waals surface area (Å²) in [5, 5.41) is 10.8. The number of ketones is 2. The van der Waals surface area contributed by atoms with Crippen molar-refractivity contribution in [1.29, 1.82) is 0 Å². The van der Waals surface area contributed by atoms with Crippen LogP contribution in [-0.4, -0.2) is 34.2 Å². The SMILES string of the molecule is CCC(=O)Cc1ccc2ccc(C(=O)O)cc2c1.CCCC(C)(C)c1cccc(CCC2(C3CCCC3)CC(=O)CC(=O)O2)c1.CCCCc1cccc(CCC)c1. The monoisotopic (exact) mass is 789 g/mol. The van der Waals surface area contributed by atoms with Crippen LogP contribution < -0.4 is 0 Å². The Hall–Kier alpha value is -4.58. The third kappa shape index (κ3) is 13.8. The normalized spacial score (nSPS) is 16.9. The minimum absolute atomic E-state index is 0.0465. The molecule has 1 saturated heterocycles. The van der Waals surface area contributed by atoms with Gasteiger partial charge in [-0.25, -0.2) is 4.79 Å². The van der Waals surface area contributed by atoms with Gasteiger partial charge in [-0.05, 0) is 113 Å².